The Morgan fingerprint density at radius 3 is 2.56 bits per heavy atom. The molecule has 0 aliphatic heterocycles. The van der Waals surface area contributed by atoms with Crippen LogP contribution >= 0.6 is 0 Å². The highest BCUT2D eigenvalue weighted by Crippen LogP contribution is 2.25. The second kappa shape index (κ2) is 6.35. The van der Waals surface area contributed by atoms with E-state index < -0.39 is 6.10 Å². The molecule has 1 N–H and O–H groups in total. The van der Waals surface area contributed by atoms with Crippen LogP contribution in [0.2, 0.25) is 0 Å². The van der Waals surface area contributed by atoms with Gasteiger partial charge in [0.05, 0.1) is 13.2 Å². The lowest BCUT2D eigenvalue weighted by Crippen LogP contribution is -2.35. The fraction of sp³-hybridized carbons (Fsp3) is 0.462. The highest BCUT2D eigenvalue weighted by molar-refractivity contribution is 5.80. The van der Waals surface area contributed by atoms with E-state index >= 15 is 0 Å². The quantitative estimate of drug-likeness (QED) is 0.876. The van der Waals surface area contributed by atoms with E-state index in [4.69, 9.17) is 9.47 Å². The van der Waals surface area contributed by atoms with Gasteiger partial charge < -0.3 is 14.8 Å². The number of hydrogen-bond acceptors (Lipinski definition) is 3. The molecule has 4 nitrogen and oxygen atoms in total. The molecule has 2 unspecified atom stereocenters. The summed E-state index contributed by atoms with van der Waals surface area (Å²) in [5.41, 5.74) is 0.592. The van der Waals surface area contributed by atoms with Gasteiger partial charge in [-0.1, -0.05) is 0 Å². The minimum Gasteiger partial charge on any atom is -0.496 e. The summed E-state index contributed by atoms with van der Waals surface area (Å²) in [5, 5.41) is 2.74. The molecule has 5 heteroatoms. The van der Waals surface area contributed by atoms with E-state index in [-0.39, 0.29) is 17.8 Å². The number of nitrogens with one attached hydrogen (secondary N) is 1. The smallest absolute Gasteiger partial charge is 0.249 e. The van der Waals surface area contributed by atoms with Gasteiger partial charge in [0.15, 0.2) is 0 Å². The SMILES string of the molecule is COc1ccc(F)cc1C(C)NC(=O)C(C)OC. The van der Waals surface area contributed by atoms with Crippen molar-refractivity contribution in [2.75, 3.05) is 14.2 Å². The molecule has 0 saturated heterocycles. The zero-order valence-electron chi connectivity index (χ0n) is 11.0. The Balaban J connectivity index is 2.86. The highest BCUT2D eigenvalue weighted by atomic mass is 19.1. The molecule has 2 atom stereocenters. The maximum Gasteiger partial charge on any atom is 0.249 e. The minimum atomic E-state index is -0.549. The van der Waals surface area contributed by atoms with Crippen molar-refractivity contribution in [3.63, 3.8) is 0 Å². The third-order valence-electron chi connectivity index (χ3n) is 2.74. The molecule has 1 rings (SSSR count). The van der Waals surface area contributed by atoms with Crippen LogP contribution in [0.25, 0.3) is 0 Å². The summed E-state index contributed by atoms with van der Waals surface area (Å²) in [6, 6.07) is 3.84. The number of rotatable bonds is 5. The maximum atomic E-state index is 13.2. The van der Waals surface area contributed by atoms with Crippen molar-refractivity contribution in [1.29, 1.82) is 0 Å². The predicted octanol–water partition coefficient (Wildman–Crippen LogP) is 2.05. The summed E-state index contributed by atoms with van der Waals surface area (Å²) >= 11 is 0. The summed E-state index contributed by atoms with van der Waals surface area (Å²) in [6.07, 6.45) is -0.549. The Morgan fingerprint density at radius 2 is 2.00 bits per heavy atom. The summed E-state index contributed by atoms with van der Waals surface area (Å²) in [4.78, 5) is 11.7. The molecule has 100 valence electrons. The summed E-state index contributed by atoms with van der Waals surface area (Å²) < 4.78 is 23.3. The van der Waals surface area contributed by atoms with Crippen LogP contribution in [0.15, 0.2) is 18.2 Å². The molecule has 0 aromatic heterocycles. The molecular weight excluding hydrogens is 237 g/mol. The molecule has 1 aromatic rings. The van der Waals surface area contributed by atoms with Gasteiger partial charge in [0.25, 0.3) is 0 Å². The topological polar surface area (TPSA) is 47.6 Å². The average molecular weight is 255 g/mol. The Bertz CT molecular complexity index is 423. The lowest BCUT2D eigenvalue weighted by Gasteiger charge is -2.19. The number of halogens is 1. The van der Waals surface area contributed by atoms with Crippen LogP contribution in [0.5, 0.6) is 5.75 Å². The first-order chi connectivity index (χ1) is 8.49. The van der Waals surface area contributed by atoms with Crippen LogP contribution in [0.3, 0.4) is 0 Å². The summed E-state index contributed by atoms with van der Waals surface area (Å²) in [5.74, 6) is -0.0859. The number of hydrogen-bond donors (Lipinski definition) is 1. The third kappa shape index (κ3) is 3.43. The fourth-order valence-electron chi connectivity index (χ4n) is 1.56. The molecule has 0 spiro atoms. The molecular formula is C13H18FNO3. The van der Waals surface area contributed by atoms with E-state index in [0.717, 1.165) is 0 Å². The van der Waals surface area contributed by atoms with Crippen molar-refractivity contribution < 1.29 is 18.7 Å². The van der Waals surface area contributed by atoms with Gasteiger partial charge in [-0.3, -0.25) is 4.79 Å². The summed E-state index contributed by atoms with van der Waals surface area (Å²) in [7, 11) is 2.96. The van der Waals surface area contributed by atoms with Gasteiger partial charge in [0.1, 0.15) is 17.7 Å². The van der Waals surface area contributed by atoms with Crippen molar-refractivity contribution in [3.8, 4) is 5.75 Å². The van der Waals surface area contributed by atoms with Crippen molar-refractivity contribution in [2.24, 2.45) is 0 Å². The van der Waals surface area contributed by atoms with Gasteiger partial charge in [-0.25, -0.2) is 4.39 Å². The van der Waals surface area contributed by atoms with Crippen molar-refractivity contribution in [2.45, 2.75) is 26.0 Å². The zero-order valence-corrected chi connectivity index (χ0v) is 11.0. The largest absolute Gasteiger partial charge is 0.496 e. The Kier molecular flexibility index (Phi) is 5.09. The molecule has 0 aliphatic rings. The van der Waals surface area contributed by atoms with E-state index in [2.05, 4.69) is 5.32 Å². The van der Waals surface area contributed by atoms with E-state index in [1.807, 2.05) is 0 Å². The molecule has 1 aromatic carbocycles. The third-order valence-corrected chi connectivity index (χ3v) is 2.74. The molecule has 18 heavy (non-hydrogen) atoms. The lowest BCUT2D eigenvalue weighted by molar-refractivity contribution is -0.130. The van der Waals surface area contributed by atoms with Gasteiger partial charge >= 0.3 is 0 Å². The predicted molar refractivity (Wildman–Crippen MR) is 66.0 cm³/mol. The zero-order chi connectivity index (χ0) is 13.7. The maximum absolute atomic E-state index is 13.2. The standard InChI is InChI=1S/C13H18FNO3/c1-8(15-13(16)9(2)17-3)11-7-10(14)5-6-12(11)18-4/h5-9H,1-4H3,(H,15,16). The number of methoxy groups -OCH3 is 2. The first-order valence-corrected chi connectivity index (χ1v) is 5.66. The Morgan fingerprint density at radius 1 is 1.33 bits per heavy atom. The molecule has 0 aliphatic carbocycles. The van der Waals surface area contributed by atoms with Gasteiger partial charge in [-0.2, -0.15) is 0 Å². The van der Waals surface area contributed by atoms with Crippen molar-refractivity contribution in [1.82, 2.24) is 5.32 Å². The normalized spacial score (nSPS) is 13.8. The first kappa shape index (κ1) is 14.4. The minimum absolute atomic E-state index is 0.253. The van der Waals surface area contributed by atoms with Crippen molar-refractivity contribution >= 4 is 5.91 Å². The van der Waals surface area contributed by atoms with Crippen LogP contribution in [-0.4, -0.2) is 26.2 Å². The molecule has 0 radical (unpaired) electrons. The van der Waals surface area contributed by atoms with Gasteiger partial charge in [-0.05, 0) is 32.0 Å². The van der Waals surface area contributed by atoms with Gasteiger partial charge in [-0.15, -0.1) is 0 Å². The summed E-state index contributed by atoms with van der Waals surface area (Å²) in [6.45, 7) is 3.41. The van der Waals surface area contributed by atoms with Crippen LogP contribution < -0.4 is 10.1 Å². The number of ether oxygens (including phenoxy) is 2. The number of carbonyl (C=O) groups excluding carboxylic acids is 1. The molecule has 0 saturated carbocycles. The molecule has 0 fully saturated rings. The molecule has 1 amide bonds. The Labute approximate surface area is 106 Å². The lowest BCUT2D eigenvalue weighted by atomic mass is 10.1. The van der Waals surface area contributed by atoms with Crippen LogP contribution in [0.4, 0.5) is 4.39 Å². The first-order valence-electron chi connectivity index (χ1n) is 5.66. The van der Waals surface area contributed by atoms with Crippen LogP contribution in [-0.2, 0) is 9.53 Å². The number of carbonyl (C=O) groups is 1. The Hall–Kier alpha value is -1.62. The highest BCUT2D eigenvalue weighted by Gasteiger charge is 2.18. The van der Waals surface area contributed by atoms with Gasteiger partial charge in [0, 0.05) is 12.7 Å². The second-order valence-corrected chi connectivity index (χ2v) is 3.99. The van der Waals surface area contributed by atoms with Gasteiger partial charge in [0.2, 0.25) is 5.91 Å². The monoisotopic (exact) mass is 255 g/mol. The van der Waals surface area contributed by atoms with E-state index in [0.29, 0.717) is 11.3 Å². The van der Waals surface area contributed by atoms with E-state index in [1.165, 1.54) is 32.4 Å². The number of benzene rings is 1. The fourth-order valence-corrected chi connectivity index (χ4v) is 1.56. The molecule has 0 heterocycles. The van der Waals surface area contributed by atoms with E-state index in [1.54, 1.807) is 13.8 Å². The number of amides is 1. The van der Waals surface area contributed by atoms with Crippen molar-refractivity contribution in [3.05, 3.63) is 29.6 Å². The molecule has 0 bridgehead atoms. The van der Waals surface area contributed by atoms with Crippen LogP contribution in [0, 0.1) is 5.82 Å². The average Bonchev–Trinajstić information content (AvgIpc) is 2.37. The van der Waals surface area contributed by atoms with Crippen LogP contribution in [0.1, 0.15) is 25.5 Å². The second-order valence-electron chi connectivity index (χ2n) is 3.99. The van der Waals surface area contributed by atoms with E-state index in [9.17, 15) is 9.18 Å².